The number of nitrogens with zero attached hydrogens (tertiary/aromatic N) is 1. The second-order valence-electron chi connectivity index (χ2n) is 5.92. The van der Waals surface area contributed by atoms with E-state index in [1.807, 2.05) is 24.1 Å². The molecule has 2 rings (SSSR count). The van der Waals surface area contributed by atoms with Gasteiger partial charge < -0.3 is 10.2 Å². The maximum atomic E-state index is 12.2. The van der Waals surface area contributed by atoms with Crippen LogP contribution < -0.4 is 5.32 Å². The van der Waals surface area contributed by atoms with Crippen molar-refractivity contribution in [1.29, 1.82) is 0 Å². The van der Waals surface area contributed by atoms with Gasteiger partial charge in [-0.2, -0.15) is 0 Å². The van der Waals surface area contributed by atoms with E-state index in [2.05, 4.69) is 24.4 Å². The zero-order valence-corrected chi connectivity index (χ0v) is 12.7. The topological polar surface area (TPSA) is 32.3 Å². The number of carbonyl (C=O) groups excluding carboxylic acids is 1. The van der Waals surface area contributed by atoms with Gasteiger partial charge >= 0.3 is 0 Å². The Labute approximate surface area is 122 Å². The van der Waals surface area contributed by atoms with Gasteiger partial charge in [0.05, 0.1) is 6.42 Å². The zero-order chi connectivity index (χ0) is 14.4. The Kier molecular flexibility index (Phi) is 5.60. The summed E-state index contributed by atoms with van der Waals surface area (Å²) in [5.74, 6) is 0.214. The Hall–Kier alpha value is -1.35. The molecule has 1 fully saturated rings. The number of likely N-dealkylation sites (N-methyl/N-ethyl adjacent to an activating group) is 1. The minimum absolute atomic E-state index is 0.214. The van der Waals surface area contributed by atoms with Crippen LogP contribution in [0, 0.1) is 6.92 Å². The highest BCUT2D eigenvalue weighted by atomic mass is 16.2. The maximum Gasteiger partial charge on any atom is 0.226 e. The molecule has 0 aliphatic carbocycles. The SMILES string of the molecule is Cc1cccc(CC(=O)N(C)CCC2CCCCN2)c1. The third-order valence-corrected chi connectivity index (χ3v) is 4.09. The summed E-state index contributed by atoms with van der Waals surface area (Å²) < 4.78 is 0. The predicted molar refractivity (Wildman–Crippen MR) is 82.8 cm³/mol. The predicted octanol–water partition coefficient (Wildman–Crippen LogP) is 2.53. The van der Waals surface area contributed by atoms with Crippen LogP contribution in [-0.2, 0) is 11.2 Å². The van der Waals surface area contributed by atoms with Crippen molar-refractivity contribution in [3.05, 3.63) is 35.4 Å². The molecular weight excluding hydrogens is 248 g/mol. The minimum Gasteiger partial charge on any atom is -0.345 e. The average molecular weight is 274 g/mol. The van der Waals surface area contributed by atoms with E-state index in [0.29, 0.717) is 12.5 Å². The van der Waals surface area contributed by atoms with Gasteiger partial charge in [-0.05, 0) is 38.3 Å². The van der Waals surface area contributed by atoms with Gasteiger partial charge in [-0.3, -0.25) is 4.79 Å². The maximum absolute atomic E-state index is 12.2. The second kappa shape index (κ2) is 7.44. The van der Waals surface area contributed by atoms with Crippen LogP contribution in [0.3, 0.4) is 0 Å². The lowest BCUT2D eigenvalue weighted by Crippen LogP contribution is -2.38. The smallest absolute Gasteiger partial charge is 0.226 e. The molecule has 110 valence electrons. The third kappa shape index (κ3) is 4.64. The summed E-state index contributed by atoms with van der Waals surface area (Å²) in [5, 5.41) is 3.53. The normalized spacial score (nSPS) is 18.8. The van der Waals surface area contributed by atoms with E-state index in [1.54, 1.807) is 0 Å². The molecule has 1 amide bonds. The lowest BCUT2D eigenvalue weighted by Gasteiger charge is -2.26. The van der Waals surface area contributed by atoms with Crippen LogP contribution in [0.15, 0.2) is 24.3 Å². The van der Waals surface area contributed by atoms with Gasteiger partial charge in [0.2, 0.25) is 5.91 Å². The standard InChI is InChI=1S/C17H26N2O/c1-14-6-5-7-15(12-14)13-17(20)19(2)11-9-16-8-3-4-10-18-16/h5-7,12,16,18H,3-4,8-11,13H2,1-2H3. The number of rotatable bonds is 5. The number of piperidine rings is 1. The van der Waals surface area contributed by atoms with E-state index in [0.717, 1.165) is 25.1 Å². The number of nitrogens with one attached hydrogen (secondary N) is 1. The van der Waals surface area contributed by atoms with E-state index < -0.39 is 0 Å². The molecule has 0 spiro atoms. The van der Waals surface area contributed by atoms with Gasteiger partial charge in [-0.1, -0.05) is 36.2 Å². The van der Waals surface area contributed by atoms with Crippen LogP contribution in [0.1, 0.15) is 36.8 Å². The molecule has 1 aliphatic rings. The molecule has 1 heterocycles. The molecule has 1 aliphatic heterocycles. The molecule has 20 heavy (non-hydrogen) atoms. The van der Waals surface area contributed by atoms with Crippen molar-refractivity contribution in [2.75, 3.05) is 20.1 Å². The molecule has 0 aromatic heterocycles. The quantitative estimate of drug-likeness (QED) is 0.895. The summed E-state index contributed by atoms with van der Waals surface area (Å²) in [6.45, 7) is 4.04. The molecular formula is C17H26N2O. The first-order valence-electron chi connectivity index (χ1n) is 7.68. The van der Waals surface area contributed by atoms with Crippen LogP contribution in [0.25, 0.3) is 0 Å². The highest BCUT2D eigenvalue weighted by Crippen LogP contribution is 2.11. The summed E-state index contributed by atoms with van der Waals surface area (Å²) in [4.78, 5) is 14.1. The monoisotopic (exact) mass is 274 g/mol. The van der Waals surface area contributed by atoms with Crippen LogP contribution in [0.2, 0.25) is 0 Å². The van der Waals surface area contributed by atoms with Gasteiger partial charge in [-0.15, -0.1) is 0 Å². The number of aryl methyl sites for hydroxylation is 1. The third-order valence-electron chi connectivity index (χ3n) is 4.09. The van der Waals surface area contributed by atoms with E-state index in [-0.39, 0.29) is 5.91 Å². The molecule has 0 radical (unpaired) electrons. The average Bonchev–Trinajstić information content (AvgIpc) is 2.46. The van der Waals surface area contributed by atoms with Crippen molar-refractivity contribution >= 4 is 5.91 Å². The van der Waals surface area contributed by atoms with Gasteiger partial charge in [0.25, 0.3) is 0 Å². The van der Waals surface area contributed by atoms with Crippen molar-refractivity contribution in [2.24, 2.45) is 0 Å². The summed E-state index contributed by atoms with van der Waals surface area (Å²) in [6, 6.07) is 8.80. The van der Waals surface area contributed by atoms with Crippen LogP contribution in [0.4, 0.5) is 0 Å². The van der Waals surface area contributed by atoms with Crippen molar-refractivity contribution in [2.45, 2.75) is 45.1 Å². The number of hydrogen-bond acceptors (Lipinski definition) is 2. The molecule has 1 aromatic rings. The number of hydrogen-bond donors (Lipinski definition) is 1. The van der Waals surface area contributed by atoms with Crippen molar-refractivity contribution in [1.82, 2.24) is 10.2 Å². The Morgan fingerprint density at radius 1 is 1.40 bits per heavy atom. The first kappa shape index (κ1) is 15.0. The molecule has 1 aromatic carbocycles. The number of amides is 1. The molecule has 0 bridgehead atoms. The summed E-state index contributed by atoms with van der Waals surface area (Å²) in [5.41, 5.74) is 2.32. The number of benzene rings is 1. The Bertz CT molecular complexity index is 438. The van der Waals surface area contributed by atoms with E-state index in [9.17, 15) is 4.79 Å². The molecule has 1 atom stereocenters. The van der Waals surface area contributed by atoms with E-state index >= 15 is 0 Å². The fraction of sp³-hybridized carbons (Fsp3) is 0.588. The van der Waals surface area contributed by atoms with Gasteiger partial charge in [0.15, 0.2) is 0 Å². The van der Waals surface area contributed by atoms with E-state index in [1.165, 1.54) is 24.8 Å². The van der Waals surface area contributed by atoms with Crippen LogP contribution in [0.5, 0.6) is 0 Å². The Morgan fingerprint density at radius 3 is 2.95 bits per heavy atom. The fourth-order valence-electron chi connectivity index (χ4n) is 2.78. The highest BCUT2D eigenvalue weighted by molar-refractivity contribution is 5.78. The van der Waals surface area contributed by atoms with Gasteiger partial charge in [-0.25, -0.2) is 0 Å². The zero-order valence-electron chi connectivity index (χ0n) is 12.7. The van der Waals surface area contributed by atoms with Crippen LogP contribution in [-0.4, -0.2) is 37.0 Å². The summed E-state index contributed by atoms with van der Waals surface area (Å²) in [6.07, 6.45) is 5.43. The molecule has 1 N–H and O–H groups in total. The summed E-state index contributed by atoms with van der Waals surface area (Å²) in [7, 11) is 1.92. The molecule has 1 unspecified atom stereocenters. The largest absolute Gasteiger partial charge is 0.345 e. The highest BCUT2D eigenvalue weighted by Gasteiger charge is 2.15. The minimum atomic E-state index is 0.214. The fourth-order valence-corrected chi connectivity index (χ4v) is 2.78. The molecule has 3 nitrogen and oxygen atoms in total. The summed E-state index contributed by atoms with van der Waals surface area (Å²) >= 11 is 0. The van der Waals surface area contributed by atoms with Crippen LogP contribution >= 0.6 is 0 Å². The van der Waals surface area contributed by atoms with Crippen molar-refractivity contribution in [3.8, 4) is 0 Å². The second-order valence-corrected chi connectivity index (χ2v) is 5.92. The lowest BCUT2D eigenvalue weighted by molar-refractivity contribution is -0.129. The molecule has 3 heteroatoms. The first-order valence-corrected chi connectivity index (χ1v) is 7.68. The molecule has 0 saturated carbocycles. The van der Waals surface area contributed by atoms with E-state index in [4.69, 9.17) is 0 Å². The molecule has 1 saturated heterocycles. The Balaban J connectivity index is 1.76. The van der Waals surface area contributed by atoms with Crippen molar-refractivity contribution in [3.63, 3.8) is 0 Å². The number of carbonyl (C=O) groups is 1. The van der Waals surface area contributed by atoms with Gasteiger partial charge in [0.1, 0.15) is 0 Å². The first-order chi connectivity index (χ1) is 9.65. The van der Waals surface area contributed by atoms with Crippen molar-refractivity contribution < 1.29 is 4.79 Å². The van der Waals surface area contributed by atoms with Gasteiger partial charge in [0, 0.05) is 19.6 Å². The lowest BCUT2D eigenvalue weighted by atomic mass is 10.0. The Morgan fingerprint density at radius 2 is 2.25 bits per heavy atom.